The van der Waals surface area contributed by atoms with Crippen LogP contribution in [-0.2, 0) is 7.05 Å². The highest BCUT2D eigenvalue weighted by Gasteiger charge is 2.09. The fourth-order valence-electron chi connectivity index (χ4n) is 1.67. The van der Waals surface area contributed by atoms with Crippen molar-refractivity contribution in [3.63, 3.8) is 0 Å². The van der Waals surface area contributed by atoms with Crippen molar-refractivity contribution in [3.05, 3.63) is 28.4 Å². The van der Waals surface area contributed by atoms with E-state index in [9.17, 15) is 0 Å². The van der Waals surface area contributed by atoms with Crippen molar-refractivity contribution in [2.75, 3.05) is 6.54 Å². The van der Waals surface area contributed by atoms with Crippen molar-refractivity contribution < 1.29 is 0 Å². The Morgan fingerprint density at radius 3 is 2.93 bits per heavy atom. The Labute approximate surface area is 97.4 Å². The van der Waals surface area contributed by atoms with Crippen molar-refractivity contribution in [1.29, 1.82) is 0 Å². The van der Waals surface area contributed by atoms with Gasteiger partial charge in [0.1, 0.15) is 4.60 Å². The highest BCUT2D eigenvalue weighted by Crippen LogP contribution is 2.26. The minimum absolute atomic E-state index is 0.392. The van der Waals surface area contributed by atoms with E-state index in [4.69, 9.17) is 5.73 Å². The maximum Gasteiger partial charge on any atom is 0.135 e. The lowest BCUT2D eigenvalue weighted by molar-refractivity contribution is 0.767. The highest BCUT2D eigenvalue weighted by molar-refractivity contribution is 9.10. The van der Waals surface area contributed by atoms with Crippen molar-refractivity contribution in [2.45, 2.75) is 12.8 Å². The average molecular weight is 268 g/mol. The van der Waals surface area contributed by atoms with Crippen LogP contribution in [-0.4, -0.2) is 16.3 Å². The van der Waals surface area contributed by atoms with E-state index in [-0.39, 0.29) is 0 Å². The molecule has 0 aliphatic rings. The van der Waals surface area contributed by atoms with Crippen molar-refractivity contribution in [2.24, 2.45) is 12.8 Å². The van der Waals surface area contributed by atoms with E-state index in [1.54, 1.807) is 0 Å². The predicted molar refractivity (Wildman–Crippen MR) is 65.9 cm³/mol. The number of hydrogen-bond acceptors (Lipinski definition) is 2. The van der Waals surface area contributed by atoms with E-state index < -0.39 is 0 Å². The Balaban J connectivity index is 2.60. The molecule has 80 valence electrons. The molecule has 0 spiro atoms. The number of aromatic nitrogens is 2. The summed E-state index contributed by atoms with van der Waals surface area (Å²) in [5, 5.41) is 5.46. The first kappa shape index (κ1) is 10.6. The van der Waals surface area contributed by atoms with Crippen LogP contribution in [0, 0.1) is 0 Å². The van der Waals surface area contributed by atoms with E-state index in [1.807, 2.05) is 11.7 Å². The van der Waals surface area contributed by atoms with Gasteiger partial charge in [-0.1, -0.05) is 13.0 Å². The first-order chi connectivity index (χ1) is 7.13. The van der Waals surface area contributed by atoms with Gasteiger partial charge in [-0.25, -0.2) is 0 Å². The molecule has 0 fully saturated rings. The average Bonchev–Trinajstić information content (AvgIpc) is 2.53. The van der Waals surface area contributed by atoms with Gasteiger partial charge in [-0.15, -0.1) is 0 Å². The Kier molecular flexibility index (Phi) is 2.80. The van der Waals surface area contributed by atoms with Crippen LogP contribution in [0.1, 0.15) is 18.4 Å². The summed E-state index contributed by atoms with van der Waals surface area (Å²) < 4.78 is 2.78. The third-order valence-electron chi connectivity index (χ3n) is 2.75. The van der Waals surface area contributed by atoms with Gasteiger partial charge in [0.05, 0.1) is 5.52 Å². The van der Waals surface area contributed by atoms with Gasteiger partial charge in [0, 0.05) is 12.4 Å². The van der Waals surface area contributed by atoms with Gasteiger partial charge in [0.2, 0.25) is 0 Å². The molecular weight excluding hydrogens is 254 g/mol. The van der Waals surface area contributed by atoms with Gasteiger partial charge in [0.15, 0.2) is 0 Å². The molecule has 15 heavy (non-hydrogen) atoms. The monoisotopic (exact) mass is 267 g/mol. The molecule has 4 heteroatoms. The van der Waals surface area contributed by atoms with Crippen LogP contribution in [0.3, 0.4) is 0 Å². The van der Waals surface area contributed by atoms with Crippen molar-refractivity contribution >= 4 is 26.8 Å². The lowest BCUT2D eigenvalue weighted by atomic mass is 10.0. The number of rotatable bonds is 2. The van der Waals surface area contributed by atoms with Gasteiger partial charge in [-0.05, 0) is 46.1 Å². The summed E-state index contributed by atoms with van der Waals surface area (Å²) in [6.07, 6.45) is 0. The molecule has 0 saturated heterocycles. The van der Waals surface area contributed by atoms with E-state index in [1.165, 1.54) is 5.56 Å². The maximum absolute atomic E-state index is 5.66. The lowest BCUT2D eigenvalue weighted by Gasteiger charge is -2.08. The van der Waals surface area contributed by atoms with E-state index in [0.29, 0.717) is 12.5 Å². The largest absolute Gasteiger partial charge is 0.330 e. The van der Waals surface area contributed by atoms with E-state index in [2.05, 4.69) is 46.2 Å². The highest BCUT2D eigenvalue weighted by atomic mass is 79.9. The lowest BCUT2D eigenvalue weighted by Crippen LogP contribution is -2.08. The second kappa shape index (κ2) is 3.94. The van der Waals surface area contributed by atoms with Crippen LogP contribution in [0.25, 0.3) is 10.9 Å². The van der Waals surface area contributed by atoms with Crippen LogP contribution >= 0.6 is 15.9 Å². The summed E-state index contributed by atoms with van der Waals surface area (Å²) in [6.45, 7) is 2.80. The zero-order valence-electron chi connectivity index (χ0n) is 8.87. The van der Waals surface area contributed by atoms with Gasteiger partial charge < -0.3 is 5.73 Å². The SMILES string of the molecule is CC(CN)c1ccc2c(Br)nn(C)c2c1. The van der Waals surface area contributed by atoms with E-state index in [0.717, 1.165) is 15.5 Å². The summed E-state index contributed by atoms with van der Waals surface area (Å²) in [5.74, 6) is 0.392. The van der Waals surface area contributed by atoms with Crippen molar-refractivity contribution in [3.8, 4) is 0 Å². The number of hydrogen-bond donors (Lipinski definition) is 1. The molecule has 2 rings (SSSR count). The second-order valence-electron chi connectivity index (χ2n) is 3.83. The summed E-state index contributed by atoms with van der Waals surface area (Å²) in [7, 11) is 1.95. The first-order valence-corrected chi connectivity index (χ1v) is 5.75. The Bertz CT molecular complexity index is 490. The van der Waals surface area contributed by atoms with Crippen LogP contribution in [0.2, 0.25) is 0 Å². The smallest absolute Gasteiger partial charge is 0.135 e. The van der Waals surface area contributed by atoms with Gasteiger partial charge in [-0.3, -0.25) is 4.68 Å². The third-order valence-corrected chi connectivity index (χ3v) is 3.34. The molecule has 0 aliphatic heterocycles. The topological polar surface area (TPSA) is 43.8 Å². The number of aryl methyl sites for hydroxylation is 1. The number of benzene rings is 1. The molecule has 3 nitrogen and oxygen atoms in total. The standard InChI is InChI=1S/C11H14BrN3/c1-7(6-13)8-3-4-9-10(5-8)15(2)14-11(9)12/h3-5,7H,6,13H2,1-2H3. The summed E-state index contributed by atoms with van der Waals surface area (Å²) in [4.78, 5) is 0. The normalized spacial score (nSPS) is 13.3. The minimum atomic E-state index is 0.392. The molecule has 0 amide bonds. The van der Waals surface area contributed by atoms with Crippen LogP contribution < -0.4 is 5.73 Å². The Morgan fingerprint density at radius 2 is 2.27 bits per heavy atom. The fourth-order valence-corrected chi connectivity index (χ4v) is 2.25. The molecule has 0 radical (unpaired) electrons. The molecule has 0 saturated carbocycles. The molecule has 1 atom stereocenters. The second-order valence-corrected chi connectivity index (χ2v) is 4.58. The van der Waals surface area contributed by atoms with Gasteiger partial charge in [-0.2, -0.15) is 5.10 Å². The molecule has 0 aliphatic carbocycles. The molecule has 1 unspecified atom stereocenters. The molecule has 2 aromatic rings. The van der Waals surface area contributed by atoms with E-state index >= 15 is 0 Å². The zero-order valence-corrected chi connectivity index (χ0v) is 10.5. The predicted octanol–water partition coefficient (Wildman–Crippen LogP) is 2.40. The van der Waals surface area contributed by atoms with Crippen LogP contribution in [0.15, 0.2) is 22.8 Å². The number of nitrogens with zero attached hydrogens (tertiary/aromatic N) is 2. The number of nitrogens with two attached hydrogens (primary N) is 1. The molecule has 0 bridgehead atoms. The summed E-state index contributed by atoms with van der Waals surface area (Å²) >= 11 is 3.44. The van der Waals surface area contributed by atoms with Crippen LogP contribution in [0.4, 0.5) is 0 Å². The Morgan fingerprint density at radius 1 is 1.53 bits per heavy atom. The first-order valence-electron chi connectivity index (χ1n) is 4.95. The molecule has 1 heterocycles. The number of fused-ring (bicyclic) bond motifs is 1. The minimum Gasteiger partial charge on any atom is -0.330 e. The quantitative estimate of drug-likeness (QED) is 0.908. The molecular formula is C11H14BrN3. The van der Waals surface area contributed by atoms with Gasteiger partial charge >= 0.3 is 0 Å². The molecule has 2 N–H and O–H groups in total. The number of halogens is 1. The zero-order chi connectivity index (χ0) is 11.0. The third kappa shape index (κ3) is 1.79. The Hall–Kier alpha value is -0.870. The molecule has 1 aromatic heterocycles. The van der Waals surface area contributed by atoms with Crippen LogP contribution in [0.5, 0.6) is 0 Å². The van der Waals surface area contributed by atoms with Crippen molar-refractivity contribution in [1.82, 2.24) is 9.78 Å². The fraction of sp³-hybridized carbons (Fsp3) is 0.364. The molecule has 1 aromatic carbocycles. The summed E-state index contributed by atoms with van der Waals surface area (Å²) in [6, 6.07) is 6.37. The summed E-state index contributed by atoms with van der Waals surface area (Å²) in [5.41, 5.74) is 8.06. The van der Waals surface area contributed by atoms with Gasteiger partial charge in [0.25, 0.3) is 0 Å². The maximum atomic E-state index is 5.66.